The number of nitrogens with one attached hydrogen (secondary N) is 4. The maximum absolute atomic E-state index is 5.79. The van der Waals surface area contributed by atoms with Gasteiger partial charge in [-0.3, -0.25) is 0 Å². The number of rotatable bonds is 12. The molecule has 4 aliphatic rings. The second-order valence-electron chi connectivity index (χ2n) is 42.3. The average molecular weight is 1810 g/mol. The van der Waals surface area contributed by atoms with Gasteiger partial charge in [0, 0.05) is 88.8 Å². The van der Waals surface area contributed by atoms with Gasteiger partial charge in [0.2, 0.25) is 0 Å². The molecule has 17 rings (SSSR count). The third-order valence-corrected chi connectivity index (χ3v) is 29.3. The van der Waals surface area contributed by atoms with Gasteiger partial charge >= 0.3 is 0 Å². The average Bonchev–Trinajstić information content (AvgIpc) is 1.59. The van der Waals surface area contributed by atoms with Crippen molar-refractivity contribution < 1.29 is 0 Å². The molecule has 0 saturated heterocycles. The highest BCUT2D eigenvalue weighted by Crippen LogP contribution is 2.50. The van der Waals surface area contributed by atoms with Crippen molar-refractivity contribution in [1.82, 2.24) is 39.9 Å². The van der Waals surface area contributed by atoms with E-state index < -0.39 is 0 Å². The van der Waals surface area contributed by atoms with E-state index in [0.29, 0.717) is 0 Å². The minimum Gasteiger partial charge on any atom is -0.354 e. The topological polar surface area (TPSA) is 115 Å². The molecule has 0 aliphatic carbocycles. The Morgan fingerprint density at radius 2 is 0.391 bits per heavy atom. The van der Waals surface area contributed by atoms with Gasteiger partial charge in [0.15, 0.2) is 0 Å². The van der Waals surface area contributed by atoms with Crippen LogP contribution in [0.15, 0.2) is 182 Å². The minimum absolute atomic E-state index is 0.0748. The monoisotopic (exact) mass is 1810 g/mol. The number of fused-ring (bicyclic) bond motifs is 16. The van der Waals surface area contributed by atoms with Gasteiger partial charge in [-0.25, -0.2) is 19.9 Å². The molecule has 8 nitrogen and oxygen atoms in total. The van der Waals surface area contributed by atoms with Gasteiger partial charge in [0.25, 0.3) is 0 Å². The predicted molar refractivity (Wildman–Crippen MR) is 589 cm³/mol. The first kappa shape index (κ1) is 95.7. The first-order valence-corrected chi connectivity index (χ1v) is 50.2. The lowest BCUT2D eigenvalue weighted by molar-refractivity contribution is 0.568. The minimum atomic E-state index is -0.0748. The number of nitrogens with zero attached hydrogens (tertiary/aromatic N) is 4. The van der Waals surface area contributed by atoms with Gasteiger partial charge in [-0.1, -0.05) is 247 Å². The normalized spacial score (nSPS) is 13.0. The van der Waals surface area contributed by atoms with Crippen molar-refractivity contribution >= 4 is 88.7 Å². The van der Waals surface area contributed by atoms with Crippen LogP contribution in [0.5, 0.6) is 0 Å². The molecule has 0 saturated carbocycles. The SMILES string of the molecule is CCC1=C(C)c2nc1cc1[nH]c(c(C)c1CC)c(-c1ccc(C#Cc3ccc(C#Cc4ccc(C#Cc5ccc(C#Cc6ccc(-c7c8nc(cc9[nH]c(c(C)c9CC)c(-c9cc(C(C)(C)C)cc(C(C)(C)C)c9)c9nc(cc%10[nH]c7c(C)c%10CC)C(CC)=C9C)C(CC)=C8C)cc6)cc5)cc4)cc3)cc1)c1nc(cc3[nH]c(c(C)c3CC)c2-c2cc(C(C)(C)C)cc(C(C)(C)C)c2)C(CC)=C1C. The molecule has 0 amide bonds. The van der Waals surface area contributed by atoms with Crippen LogP contribution >= 0.6 is 0 Å². The molecule has 0 atom stereocenters. The van der Waals surface area contributed by atoms with E-state index in [0.717, 1.165) is 219 Å². The maximum atomic E-state index is 5.79. The number of aryl methyl sites for hydroxylation is 8. The fraction of sp³-hybridized carbons (Fsp3) is 0.308. The van der Waals surface area contributed by atoms with Gasteiger partial charge < -0.3 is 19.9 Å². The molecular formula is C130H134N8. The van der Waals surface area contributed by atoms with Crippen LogP contribution in [0.3, 0.4) is 0 Å². The Morgan fingerprint density at radius 1 is 0.217 bits per heavy atom. The molecule has 8 heteroatoms. The second-order valence-corrected chi connectivity index (χ2v) is 42.3. The zero-order valence-corrected chi connectivity index (χ0v) is 86.8. The molecule has 6 aromatic heterocycles. The van der Waals surface area contributed by atoms with Crippen LogP contribution in [-0.4, -0.2) is 39.9 Å². The van der Waals surface area contributed by atoms with Gasteiger partial charge in [-0.05, 0) is 383 Å². The fourth-order valence-electron chi connectivity index (χ4n) is 21.0. The van der Waals surface area contributed by atoms with Crippen LogP contribution in [0, 0.1) is 75.1 Å². The van der Waals surface area contributed by atoms with Crippen LogP contribution in [0.25, 0.3) is 133 Å². The third kappa shape index (κ3) is 18.3. The largest absolute Gasteiger partial charge is 0.354 e. The molecule has 0 radical (unpaired) electrons. The number of aromatic nitrogens is 8. The lowest BCUT2D eigenvalue weighted by atomic mass is 9.78. The molecule has 13 aromatic rings. The highest BCUT2D eigenvalue weighted by molar-refractivity contribution is 6.07. The van der Waals surface area contributed by atoms with Crippen molar-refractivity contribution in [3.63, 3.8) is 0 Å². The van der Waals surface area contributed by atoms with Crippen LogP contribution in [0.4, 0.5) is 0 Å². The number of aromatic amines is 4. The summed E-state index contributed by atoms with van der Waals surface area (Å²) in [6, 6.07) is 65.9. The summed E-state index contributed by atoms with van der Waals surface area (Å²) in [6.07, 6.45) is 6.77. The molecule has 16 bridgehead atoms. The standard InChI is InChI=1S/C130H134N8/c1-29-99-75(9)119-115(120-76(10)100(30-2)108(132-120)72-112-104(34-6)80(14)124(136-112)117(123-79(13)103(33-5)111(135-123)71-107(99)131-119)93-65-95(127(17,18)19)69-96(66-93)128(20,21)22)91-61-57-89(58-62-91)55-53-87-49-45-85(46-50-87)43-41-83-37-39-84(40-38-83)42-44-86-47-51-88(52-48-86)54-56-90-59-63-92(64-60-90)116-121-77(11)101(31-3)109(133-121)73-113-105(35-7)81(15)125(137-113)118(94-67-97(129(23,24)25)70-98(68-94)130(26,27)28)126-82(16)106(36-8)114(138-126)74-110-102(32-4)78(12)122(116)134-110/h37-40,45-52,57-74,131,133,136,138H,29-36H2,1-28H3. The molecule has 0 unspecified atom stereocenters. The van der Waals surface area contributed by atoms with Gasteiger partial charge in [0.1, 0.15) is 0 Å². The summed E-state index contributed by atoms with van der Waals surface area (Å²) in [6.45, 7) is 64.3. The van der Waals surface area contributed by atoms with Crippen molar-refractivity contribution in [1.29, 1.82) is 0 Å². The number of benzene rings is 7. The number of hydrogen-bond donors (Lipinski definition) is 4. The smallest absolute Gasteiger partial charge is 0.0769 e. The van der Waals surface area contributed by atoms with Crippen LogP contribution < -0.4 is 0 Å². The van der Waals surface area contributed by atoms with E-state index in [9.17, 15) is 0 Å². The summed E-state index contributed by atoms with van der Waals surface area (Å²) < 4.78 is 0. The van der Waals surface area contributed by atoms with Crippen molar-refractivity contribution in [2.24, 2.45) is 0 Å². The summed E-state index contributed by atoms with van der Waals surface area (Å²) in [7, 11) is 0. The first-order valence-electron chi connectivity index (χ1n) is 50.2. The zero-order chi connectivity index (χ0) is 98.2. The Hall–Kier alpha value is -14.0. The molecule has 4 N–H and O–H groups in total. The van der Waals surface area contributed by atoms with E-state index in [1.54, 1.807) is 0 Å². The van der Waals surface area contributed by atoms with E-state index >= 15 is 0 Å². The molecular weight excluding hydrogens is 1670 g/mol. The van der Waals surface area contributed by atoms with Crippen molar-refractivity contribution in [3.8, 4) is 91.9 Å². The quantitative estimate of drug-likeness (QED) is 0.0912. The summed E-state index contributed by atoms with van der Waals surface area (Å²) in [5.74, 6) is 27.4. The Morgan fingerprint density at radius 3 is 0.558 bits per heavy atom. The summed E-state index contributed by atoms with van der Waals surface area (Å²) in [4.78, 5) is 39.4. The van der Waals surface area contributed by atoms with E-state index in [1.165, 1.54) is 122 Å². The van der Waals surface area contributed by atoms with Gasteiger partial charge in [-0.2, -0.15) is 0 Å². The molecule has 10 heterocycles. The highest BCUT2D eigenvalue weighted by Gasteiger charge is 2.33. The Kier molecular flexibility index (Phi) is 26.2. The predicted octanol–water partition coefficient (Wildman–Crippen LogP) is 33.2. The van der Waals surface area contributed by atoms with E-state index in [-0.39, 0.29) is 21.7 Å². The Labute approximate surface area is 820 Å². The zero-order valence-electron chi connectivity index (χ0n) is 86.8. The van der Waals surface area contributed by atoms with Crippen LogP contribution in [0.1, 0.15) is 349 Å². The van der Waals surface area contributed by atoms with Crippen molar-refractivity contribution in [3.05, 3.63) is 339 Å². The molecule has 4 aliphatic heterocycles. The maximum Gasteiger partial charge on any atom is 0.0769 e. The van der Waals surface area contributed by atoms with Gasteiger partial charge in [-0.15, -0.1) is 0 Å². The number of H-pyrrole nitrogens is 4. The summed E-state index contributed by atoms with van der Waals surface area (Å²) in [5, 5.41) is 0. The first-order chi connectivity index (χ1) is 65.8. The highest BCUT2D eigenvalue weighted by atomic mass is 14.8. The molecule has 0 fully saturated rings. The van der Waals surface area contributed by atoms with E-state index in [1.807, 2.05) is 48.5 Å². The molecule has 7 aromatic carbocycles. The van der Waals surface area contributed by atoms with Crippen LogP contribution in [0.2, 0.25) is 0 Å². The van der Waals surface area contributed by atoms with Crippen LogP contribution in [-0.2, 0) is 47.3 Å². The fourth-order valence-corrected chi connectivity index (χ4v) is 21.0. The van der Waals surface area contributed by atoms with E-state index in [4.69, 9.17) is 19.9 Å². The Bertz CT molecular complexity index is 7420. The lowest BCUT2D eigenvalue weighted by Gasteiger charge is -2.26. The van der Waals surface area contributed by atoms with Crippen molar-refractivity contribution in [2.75, 3.05) is 0 Å². The van der Waals surface area contributed by atoms with Gasteiger partial charge in [0.05, 0.1) is 67.6 Å². The summed E-state index contributed by atoms with van der Waals surface area (Å²) >= 11 is 0. The molecule has 0 spiro atoms. The number of allylic oxidation sites excluding steroid dienone is 8. The molecule has 138 heavy (non-hydrogen) atoms. The number of hydrogen-bond acceptors (Lipinski definition) is 4. The van der Waals surface area contributed by atoms with E-state index in [2.05, 4.69) is 395 Å². The van der Waals surface area contributed by atoms with Crippen molar-refractivity contribution in [2.45, 2.75) is 267 Å². The third-order valence-electron chi connectivity index (χ3n) is 29.3. The lowest BCUT2D eigenvalue weighted by Crippen LogP contribution is -2.16. The Balaban J connectivity index is 0.614. The second kappa shape index (κ2) is 37.8. The molecule has 694 valence electrons. The summed E-state index contributed by atoms with van der Waals surface area (Å²) in [5.41, 5.74) is 57.8.